The summed E-state index contributed by atoms with van der Waals surface area (Å²) in [6.07, 6.45) is -1.99. The molecule has 0 aliphatic carbocycles. The molecular formula is C4H9NO4. The Bertz CT molecular complexity index is 94.6. The Kier molecular flexibility index (Phi) is 3.74. The highest BCUT2D eigenvalue weighted by atomic mass is 16.6. The third-order valence-corrected chi connectivity index (χ3v) is 0.629. The van der Waals surface area contributed by atoms with Crippen molar-refractivity contribution < 1.29 is 19.7 Å². The van der Waals surface area contributed by atoms with Crippen molar-refractivity contribution in [1.29, 1.82) is 0 Å². The number of carbonyl (C=O) groups is 1. The van der Waals surface area contributed by atoms with Crippen LogP contribution in [0.25, 0.3) is 0 Å². The molecule has 0 saturated heterocycles. The Morgan fingerprint density at radius 2 is 2.33 bits per heavy atom. The number of primary amides is 1. The van der Waals surface area contributed by atoms with Crippen molar-refractivity contribution in [2.75, 3.05) is 13.2 Å². The highest BCUT2D eigenvalue weighted by Crippen LogP contribution is 1.81. The molecule has 0 bridgehead atoms. The monoisotopic (exact) mass is 135 g/mol. The first-order valence-electron chi connectivity index (χ1n) is 2.38. The van der Waals surface area contributed by atoms with Crippen LogP contribution < -0.4 is 5.73 Å². The Balaban J connectivity index is 3.16. The number of hydrogen-bond donors (Lipinski definition) is 3. The third-order valence-electron chi connectivity index (χ3n) is 0.629. The molecule has 0 heterocycles. The molecule has 1 unspecified atom stereocenters. The predicted octanol–water partition coefficient (Wildman–Crippen LogP) is -1.57. The van der Waals surface area contributed by atoms with Crippen molar-refractivity contribution in [2.24, 2.45) is 5.73 Å². The van der Waals surface area contributed by atoms with E-state index in [4.69, 9.17) is 10.2 Å². The summed E-state index contributed by atoms with van der Waals surface area (Å²) in [5, 5.41) is 16.7. The Hall–Kier alpha value is -0.810. The molecule has 0 fully saturated rings. The van der Waals surface area contributed by atoms with E-state index < -0.39 is 18.8 Å². The smallest absolute Gasteiger partial charge is 0.404 e. The van der Waals surface area contributed by atoms with E-state index in [1.807, 2.05) is 0 Å². The molecule has 1 atom stereocenters. The standard InChI is InChI=1S/C4H9NO4/c5-4(8)9-2-3(7)1-6/h3,6-7H,1-2H2,(H2,5,8). The highest BCUT2D eigenvalue weighted by Gasteiger charge is 2.02. The Labute approximate surface area is 52.0 Å². The highest BCUT2D eigenvalue weighted by molar-refractivity contribution is 5.64. The molecular weight excluding hydrogens is 126 g/mol. The first kappa shape index (κ1) is 8.19. The topological polar surface area (TPSA) is 92.8 Å². The molecule has 0 radical (unpaired) electrons. The van der Waals surface area contributed by atoms with Crippen LogP contribution in [-0.2, 0) is 4.74 Å². The van der Waals surface area contributed by atoms with Gasteiger partial charge in [-0.05, 0) is 0 Å². The number of aliphatic hydroxyl groups is 2. The molecule has 0 spiro atoms. The van der Waals surface area contributed by atoms with Gasteiger partial charge in [0, 0.05) is 0 Å². The first-order chi connectivity index (χ1) is 4.16. The molecule has 1 amide bonds. The van der Waals surface area contributed by atoms with Gasteiger partial charge < -0.3 is 20.7 Å². The molecule has 9 heavy (non-hydrogen) atoms. The van der Waals surface area contributed by atoms with E-state index in [0.29, 0.717) is 0 Å². The first-order valence-corrected chi connectivity index (χ1v) is 2.38. The fourth-order valence-corrected chi connectivity index (χ4v) is 0.231. The molecule has 0 aromatic carbocycles. The number of ether oxygens (including phenoxy) is 1. The minimum Gasteiger partial charge on any atom is -0.447 e. The molecule has 0 aliphatic rings. The van der Waals surface area contributed by atoms with Crippen molar-refractivity contribution in [3.63, 3.8) is 0 Å². The van der Waals surface area contributed by atoms with Crippen LogP contribution in [0.3, 0.4) is 0 Å². The second-order valence-corrected chi connectivity index (χ2v) is 1.47. The van der Waals surface area contributed by atoms with E-state index in [2.05, 4.69) is 10.5 Å². The minimum atomic E-state index is -1.03. The second kappa shape index (κ2) is 4.11. The summed E-state index contributed by atoms with van der Waals surface area (Å²) >= 11 is 0. The average Bonchev–Trinajstić information content (AvgIpc) is 1.83. The van der Waals surface area contributed by atoms with Crippen LogP contribution in [0.4, 0.5) is 4.79 Å². The number of aliphatic hydroxyl groups excluding tert-OH is 2. The lowest BCUT2D eigenvalue weighted by atomic mass is 10.4. The molecule has 5 heteroatoms. The summed E-state index contributed by atoms with van der Waals surface area (Å²) in [6, 6.07) is 0. The predicted molar refractivity (Wildman–Crippen MR) is 28.6 cm³/mol. The van der Waals surface area contributed by atoms with Gasteiger partial charge in [-0.3, -0.25) is 0 Å². The van der Waals surface area contributed by atoms with Crippen LogP contribution in [0.15, 0.2) is 0 Å². The van der Waals surface area contributed by atoms with Crippen molar-refractivity contribution in [3.8, 4) is 0 Å². The van der Waals surface area contributed by atoms with Crippen LogP contribution >= 0.6 is 0 Å². The molecule has 54 valence electrons. The van der Waals surface area contributed by atoms with E-state index in [1.54, 1.807) is 0 Å². The van der Waals surface area contributed by atoms with E-state index in [9.17, 15) is 4.79 Å². The van der Waals surface area contributed by atoms with Gasteiger partial charge in [-0.2, -0.15) is 0 Å². The molecule has 0 aromatic rings. The van der Waals surface area contributed by atoms with Crippen LogP contribution in [0.5, 0.6) is 0 Å². The lowest BCUT2D eigenvalue weighted by Gasteiger charge is -2.04. The number of carbonyl (C=O) groups excluding carboxylic acids is 1. The quantitative estimate of drug-likeness (QED) is 0.436. The van der Waals surface area contributed by atoms with Crippen molar-refractivity contribution >= 4 is 6.09 Å². The summed E-state index contributed by atoms with van der Waals surface area (Å²) in [6.45, 7) is -0.695. The van der Waals surface area contributed by atoms with Gasteiger partial charge in [0.15, 0.2) is 0 Å². The zero-order valence-electron chi connectivity index (χ0n) is 4.78. The molecule has 0 saturated carbocycles. The van der Waals surface area contributed by atoms with Crippen LogP contribution in [0, 0.1) is 0 Å². The van der Waals surface area contributed by atoms with Gasteiger partial charge >= 0.3 is 6.09 Å². The van der Waals surface area contributed by atoms with Crippen LogP contribution in [0.1, 0.15) is 0 Å². The number of amides is 1. The molecule has 0 rings (SSSR count). The maximum absolute atomic E-state index is 9.83. The minimum absolute atomic E-state index is 0.258. The van der Waals surface area contributed by atoms with Crippen LogP contribution in [0.2, 0.25) is 0 Å². The molecule has 0 aliphatic heterocycles. The van der Waals surface area contributed by atoms with Gasteiger partial charge in [0.25, 0.3) is 0 Å². The van der Waals surface area contributed by atoms with E-state index in [0.717, 1.165) is 0 Å². The largest absolute Gasteiger partial charge is 0.447 e. The van der Waals surface area contributed by atoms with E-state index in [-0.39, 0.29) is 6.61 Å². The lowest BCUT2D eigenvalue weighted by molar-refractivity contribution is 0.0349. The van der Waals surface area contributed by atoms with Gasteiger partial charge in [-0.25, -0.2) is 4.79 Å². The lowest BCUT2D eigenvalue weighted by Crippen LogP contribution is -2.24. The van der Waals surface area contributed by atoms with Gasteiger partial charge in [0.2, 0.25) is 0 Å². The molecule has 4 N–H and O–H groups in total. The maximum atomic E-state index is 9.83. The van der Waals surface area contributed by atoms with Crippen molar-refractivity contribution in [2.45, 2.75) is 6.10 Å². The molecule has 0 aromatic heterocycles. The molecule has 5 nitrogen and oxygen atoms in total. The van der Waals surface area contributed by atoms with Crippen molar-refractivity contribution in [3.05, 3.63) is 0 Å². The normalized spacial score (nSPS) is 12.7. The zero-order valence-corrected chi connectivity index (χ0v) is 4.78. The summed E-state index contributed by atoms with van der Waals surface area (Å²) in [7, 11) is 0. The van der Waals surface area contributed by atoms with Gasteiger partial charge in [0.1, 0.15) is 12.7 Å². The van der Waals surface area contributed by atoms with Crippen molar-refractivity contribution in [1.82, 2.24) is 0 Å². The number of rotatable bonds is 3. The summed E-state index contributed by atoms with van der Waals surface area (Å²) < 4.78 is 4.12. The third kappa shape index (κ3) is 5.05. The van der Waals surface area contributed by atoms with E-state index in [1.165, 1.54) is 0 Å². The maximum Gasteiger partial charge on any atom is 0.404 e. The Morgan fingerprint density at radius 3 is 2.67 bits per heavy atom. The average molecular weight is 135 g/mol. The fourth-order valence-electron chi connectivity index (χ4n) is 0.231. The summed E-state index contributed by atoms with van der Waals surface area (Å²) in [5.74, 6) is 0. The fraction of sp³-hybridized carbons (Fsp3) is 0.750. The van der Waals surface area contributed by atoms with Crippen LogP contribution in [-0.4, -0.2) is 35.6 Å². The van der Waals surface area contributed by atoms with Gasteiger partial charge in [0.05, 0.1) is 6.61 Å². The second-order valence-electron chi connectivity index (χ2n) is 1.47. The number of hydrogen-bond acceptors (Lipinski definition) is 4. The number of nitrogens with two attached hydrogens (primary N) is 1. The summed E-state index contributed by atoms with van der Waals surface area (Å²) in [4.78, 5) is 9.83. The SMILES string of the molecule is NC(=O)OCC(O)CO. The van der Waals surface area contributed by atoms with Gasteiger partial charge in [-0.15, -0.1) is 0 Å². The van der Waals surface area contributed by atoms with Gasteiger partial charge in [-0.1, -0.05) is 0 Å². The summed E-state index contributed by atoms with van der Waals surface area (Å²) in [5.41, 5.74) is 4.54. The zero-order chi connectivity index (χ0) is 7.28. The van der Waals surface area contributed by atoms with E-state index >= 15 is 0 Å². The Morgan fingerprint density at radius 1 is 1.78 bits per heavy atom.